The summed E-state index contributed by atoms with van der Waals surface area (Å²) in [7, 11) is 0. The molecule has 1 unspecified atom stereocenters. The van der Waals surface area contributed by atoms with Crippen LogP contribution in [0.4, 0.5) is 0 Å². The summed E-state index contributed by atoms with van der Waals surface area (Å²) in [5.74, 6) is 1.00. The predicted octanol–water partition coefficient (Wildman–Crippen LogP) is 2.49. The lowest BCUT2D eigenvalue weighted by Gasteiger charge is -2.33. The average Bonchev–Trinajstić information content (AvgIpc) is 2.97. The number of nitrogens with one attached hydrogen (secondary N) is 1. The van der Waals surface area contributed by atoms with E-state index in [1.165, 1.54) is 25.8 Å². The van der Waals surface area contributed by atoms with Crippen LogP contribution in [0, 0.1) is 5.92 Å². The minimum atomic E-state index is 0.678. The Bertz CT molecular complexity index is 164. The van der Waals surface area contributed by atoms with Gasteiger partial charge in [-0.05, 0) is 52.5 Å². The molecular formula is C13H28N2. The molecule has 0 aromatic rings. The Balaban J connectivity index is 2.25. The van der Waals surface area contributed by atoms with Gasteiger partial charge < -0.3 is 5.32 Å². The molecule has 1 saturated carbocycles. The molecule has 0 spiro atoms. The van der Waals surface area contributed by atoms with Crippen LogP contribution in [-0.4, -0.2) is 36.6 Å². The SMILES string of the molecule is CCCNCC(C)N(CC1CC1)C(C)C. The lowest BCUT2D eigenvalue weighted by molar-refractivity contribution is 0.154. The lowest BCUT2D eigenvalue weighted by atomic mass is 10.2. The summed E-state index contributed by atoms with van der Waals surface area (Å²) >= 11 is 0. The van der Waals surface area contributed by atoms with Gasteiger partial charge in [0.25, 0.3) is 0 Å². The largest absolute Gasteiger partial charge is 0.315 e. The summed E-state index contributed by atoms with van der Waals surface area (Å²) in [6.45, 7) is 12.8. The molecule has 2 nitrogen and oxygen atoms in total. The highest BCUT2D eigenvalue weighted by atomic mass is 15.2. The van der Waals surface area contributed by atoms with Crippen molar-refractivity contribution in [2.75, 3.05) is 19.6 Å². The summed E-state index contributed by atoms with van der Waals surface area (Å²) in [4.78, 5) is 2.65. The summed E-state index contributed by atoms with van der Waals surface area (Å²) in [6.07, 6.45) is 4.15. The van der Waals surface area contributed by atoms with Gasteiger partial charge in [0.05, 0.1) is 0 Å². The zero-order valence-corrected chi connectivity index (χ0v) is 10.9. The van der Waals surface area contributed by atoms with Crippen molar-refractivity contribution < 1.29 is 0 Å². The van der Waals surface area contributed by atoms with Crippen molar-refractivity contribution in [3.05, 3.63) is 0 Å². The second-order valence-electron chi connectivity index (χ2n) is 5.29. The van der Waals surface area contributed by atoms with Gasteiger partial charge in [0.15, 0.2) is 0 Å². The van der Waals surface area contributed by atoms with Crippen LogP contribution in [0.25, 0.3) is 0 Å². The number of rotatable bonds is 8. The van der Waals surface area contributed by atoms with Crippen LogP contribution in [-0.2, 0) is 0 Å². The fraction of sp³-hybridized carbons (Fsp3) is 1.00. The lowest BCUT2D eigenvalue weighted by Crippen LogP contribution is -2.45. The van der Waals surface area contributed by atoms with Gasteiger partial charge in [-0.3, -0.25) is 4.90 Å². The minimum absolute atomic E-state index is 0.678. The van der Waals surface area contributed by atoms with E-state index in [4.69, 9.17) is 0 Å². The summed E-state index contributed by atoms with van der Waals surface area (Å²) in [5, 5.41) is 3.52. The van der Waals surface area contributed by atoms with Gasteiger partial charge in [-0.2, -0.15) is 0 Å². The van der Waals surface area contributed by atoms with Crippen molar-refractivity contribution in [2.45, 2.75) is 59.0 Å². The van der Waals surface area contributed by atoms with Crippen molar-refractivity contribution in [3.8, 4) is 0 Å². The molecule has 2 heteroatoms. The number of nitrogens with zero attached hydrogens (tertiary/aromatic N) is 1. The standard InChI is InChI=1S/C13H28N2/c1-5-8-14-9-12(4)15(11(2)3)10-13-6-7-13/h11-14H,5-10H2,1-4H3. The predicted molar refractivity (Wildman–Crippen MR) is 67.2 cm³/mol. The molecule has 1 fully saturated rings. The van der Waals surface area contributed by atoms with Gasteiger partial charge in [0.2, 0.25) is 0 Å². The van der Waals surface area contributed by atoms with Crippen LogP contribution in [0.5, 0.6) is 0 Å². The number of hydrogen-bond donors (Lipinski definition) is 1. The Labute approximate surface area is 95.4 Å². The molecule has 0 radical (unpaired) electrons. The van der Waals surface area contributed by atoms with Gasteiger partial charge in [-0.1, -0.05) is 6.92 Å². The van der Waals surface area contributed by atoms with Crippen molar-refractivity contribution in [1.29, 1.82) is 0 Å². The van der Waals surface area contributed by atoms with E-state index in [9.17, 15) is 0 Å². The van der Waals surface area contributed by atoms with Crippen LogP contribution in [0.3, 0.4) is 0 Å². The third-order valence-electron chi connectivity index (χ3n) is 3.26. The molecule has 1 aliphatic carbocycles. The molecule has 0 aromatic carbocycles. The third-order valence-corrected chi connectivity index (χ3v) is 3.26. The molecule has 1 rings (SSSR count). The molecule has 0 amide bonds. The summed E-state index contributed by atoms with van der Waals surface area (Å²) < 4.78 is 0. The first kappa shape index (κ1) is 13.0. The van der Waals surface area contributed by atoms with E-state index in [0.29, 0.717) is 12.1 Å². The van der Waals surface area contributed by atoms with Gasteiger partial charge in [-0.25, -0.2) is 0 Å². The topological polar surface area (TPSA) is 15.3 Å². The molecular weight excluding hydrogens is 184 g/mol. The van der Waals surface area contributed by atoms with E-state index in [2.05, 4.69) is 37.9 Å². The first-order valence-corrected chi connectivity index (χ1v) is 6.61. The smallest absolute Gasteiger partial charge is 0.0195 e. The fourth-order valence-corrected chi connectivity index (χ4v) is 2.10. The highest BCUT2D eigenvalue weighted by molar-refractivity contribution is 4.82. The third kappa shape index (κ3) is 4.98. The molecule has 1 N–H and O–H groups in total. The molecule has 1 atom stereocenters. The van der Waals surface area contributed by atoms with Crippen LogP contribution in [0.2, 0.25) is 0 Å². The van der Waals surface area contributed by atoms with Crippen molar-refractivity contribution in [3.63, 3.8) is 0 Å². The first-order valence-electron chi connectivity index (χ1n) is 6.61. The molecule has 90 valence electrons. The maximum atomic E-state index is 3.52. The van der Waals surface area contributed by atoms with Crippen LogP contribution < -0.4 is 5.32 Å². The Morgan fingerprint density at radius 1 is 1.27 bits per heavy atom. The van der Waals surface area contributed by atoms with Gasteiger partial charge in [0, 0.05) is 25.2 Å². The van der Waals surface area contributed by atoms with Crippen LogP contribution in [0.15, 0.2) is 0 Å². The highest BCUT2D eigenvalue weighted by Crippen LogP contribution is 2.30. The van der Waals surface area contributed by atoms with Crippen LogP contribution >= 0.6 is 0 Å². The van der Waals surface area contributed by atoms with Crippen molar-refractivity contribution in [2.24, 2.45) is 5.92 Å². The summed E-state index contributed by atoms with van der Waals surface area (Å²) in [5.41, 5.74) is 0. The first-order chi connectivity index (χ1) is 7.15. The second kappa shape index (κ2) is 6.49. The number of hydrogen-bond acceptors (Lipinski definition) is 2. The Kier molecular flexibility index (Phi) is 5.62. The zero-order valence-electron chi connectivity index (χ0n) is 10.9. The van der Waals surface area contributed by atoms with E-state index < -0.39 is 0 Å². The Morgan fingerprint density at radius 3 is 2.40 bits per heavy atom. The van der Waals surface area contributed by atoms with Crippen molar-refractivity contribution in [1.82, 2.24) is 10.2 Å². The average molecular weight is 212 g/mol. The zero-order chi connectivity index (χ0) is 11.3. The maximum Gasteiger partial charge on any atom is 0.0195 e. The Hall–Kier alpha value is -0.0800. The molecule has 15 heavy (non-hydrogen) atoms. The van der Waals surface area contributed by atoms with E-state index >= 15 is 0 Å². The summed E-state index contributed by atoms with van der Waals surface area (Å²) in [6, 6.07) is 1.36. The van der Waals surface area contributed by atoms with E-state index in [1.54, 1.807) is 0 Å². The monoisotopic (exact) mass is 212 g/mol. The van der Waals surface area contributed by atoms with Gasteiger partial charge >= 0.3 is 0 Å². The highest BCUT2D eigenvalue weighted by Gasteiger charge is 2.27. The van der Waals surface area contributed by atoms with Crippen LogP contribution in [0.1, 0.15) is 47.0 Å². The molecule has 0 aromatic heterocycles. The quantitative estimate of drug-likeness (QED) is 0.622. The normalized spacial score (nSPS) is 18.8. The minimum Gasteiger partial charge on any atom is -0.315 e. The van der Waals surface area contributed by atoms with E-state index in [1.807, 2.05) is 0 Å². The van der Waals surface area contributed by atoms with Crippen molar-refractivity contribution >= 4 is 0 Å². The van der Waals surface area contributed by atoms with E-state index in [0.717, 1.165) is 19.0 Å². The molecule has 0 bridgehead atoms. The maximum absolute atomic E-state index is 3.52. The molecule has 0 heterocycles. The molecule has 1 aliphatic rings. The molecule has 0 aliphatic heterocycles. The molecule has 0 saturated heterocycles. The van der Waals surface area contributed by atoms with E-state index in [-0.39, 0.29) is 0 Å². The Morgan fingerprint density at radius 2 is 1.93 bits per heavy atom. The van der Waals surface area contributed by atoms with Gasteiger partial charge in [0.1, 0.15) is 0 Å². The second-order valence-corrected chi connectivity index (χ2v) is 5.29. The van der Waals surface area contributed by atoms with Gasteiger partial charge in [-0.15, -0.1) is 0 Å². The fourth-order valence-electron chi connectivity index (χ4n) is 2.10.